The molecule has 7 heteroatoms. The largest absolute Gasteiger partial charge is 0.477 e. The van der Waals surface area contributed by atoms with E-state index in [1.807, 2.05) is 0 Å². The number of carboxylic acids is 1. The Morgan fingerprint density at radius 2 is 2.36 bits per heavy atom. The van der Waals surface area contributed by atoms with E-state index in [9.17, 15) is 9.59 Å². The summed E-state index contributed by atoms with van der Waals surface area (Å²) in [6, 6.07) is 1.13. The summed E-state index contributed by atoms with van der Waals surface area (Å²) in [6.07, 6.45) is 1.13. The van der Waals surface area contributed by atoms with Crippen LogP contribution in [0.5, 0.6) is 0 Å². The molecule has 2 heterocycles. The fourth-order valence-electron chi connectivity index (χ4n) is 1.17. The Bertz CT molecular complexity index is 568. The van der Waals surface area contributed by atoms with Gasteiger partial charge in [-0.2, -0.15) is 5.10 Å². The van der Waals surface area contributed by atoms with Crippen molar-refractivity contribution >= 4 is 17.4 Å². The lowest BCUT2D eigenvalue weighted by molar-refractivity contribution is 0.0699. The molecule has 2 aromatic heterocycles. The highest BCUT2D eigenvalue weighted by molar-refractivity contribution is 5.94. The molecule has 0 unspecified atom stereocenters. The fourth-order valence-corrected chi connectivity index (χ4v) is 1.17. The van der Waals surface area contributed by atoms with Gasteiger partial charge in [0.25, 0.3) is 5.56 Å². The molecule has 2 rings (SSSR count). The van der Waals surface area contributed by atoms with Crippen molar-refractivity contribution in [2.45, 2.75) is 0 Å². The first-order valence-corrected chi connectivity index (χ1v) is 3.69. The molecule has 0 spiro atoms. The van der Waals surface area contributed by atoms with Crippen LogP contribution in [0.3, 0.4) is 0 Å². The number of nitrogens with zero attached hydrogens (tertiary/aromatic N) is 2. The van der Waals surface area contributed by atoms with E-state index in [0.717, 1.165) is 16.8 Å². The highest BCUT2D eigenvalue weighted by Gasteiger charge is 2.13. The van der Waals surface area contributed by atoms with E-state index in [2.05, 4.69) is 10.1 Å². The molecule has 0 amide bonds. The predicted molar refractivity (Wildman–Crippen MR) is 47.2 cm³/mol. The number of carboxylic acid groups (broad SMARTS) is 1. The van der Waals surface area contributed by atoms with Gasteiger partial charge in [0.2, 0.25) is 0 Å². The number of nitrogens with one attached hydrogen (secondary N) is 1. The van der Waals surface area contributed by atoms with Crippen LogP contribution >= 0.6 is 0 Å². The summed E-state index contributed by atoms with van der Waals surface area (Å²) in [7, 11) is 0. The molecule has 7 nitrogen and oxygen atoms in total. The zero-order valence-electron chi connectivity index (χ0n) is 6.89. The van der Waals surface area contributed by atoms with Crippen molar-refractivity contribution in [2.75, 3.05) is 5.73 Å². The number of hydrogen-bond acceptors (Lipinski definition) is 4. The Morgan fingerprint density at radius 1 is 1.64 bits per heavy atom. The van der Waals surface area contributed by atoms with Crippen molar-refractivity contribution in [3.05, 3.63) is 28.2 Å². The third-order valence-electron chi connectivity index (χ3n) is 1.76. The van der Waals surface area contributed by atoms with Crippen LogP contribution in [-0.4, -0.2) is 25.7 Å². The molecule has 0 bridgehead atoms. The van der Waals surface area contributed by atoms with Gasteiger partial charge in [-0.05, 0) is 0 Å². The molecule has 0 aliphatic carbocycles. The molecule has 72 valence electrons. The number of H-pyrrole nitrogens is 1. The first-order valence-electron chi connectivity index (χ1n) is 3.69. The molecular weight excluding hydrogens is 188 g/mol. The standard InChI is InChI=1S/C7H6N4O3/c8-4-1-5(12)10-6-3(7(13)14)2-9-11(4)6/h1-2H,8H2,(H,10,12)(H,13,14). The van der Waals surface area contributed by atoms with E-state index in [0.29, 0.717) is 0 Å². The second-order valence-corrected chi connectivity index (χ2v) is 2.68. The number of carbonyl (C=O) groups is 1. The predicted octanol–water partition coefficient (Wildman–Crippen LogP) is -0.697. The van der Waals surface area contributed by atoms with Crippen molar-refractivity contribution in [3.63, 3.8) is 0 Å². The van der Waals surface area contributed by atoms with E-state index in [1.54, 1.807) is 0 Å². The monoisotopic (exact) mass is 194 g/mol. The van der Waals surface area contributed by atoms with Crippen molar-refractivity contribution in [1.29, 1.82) is 0 Å². The third kappa shape index (κ3) is 1.03. The van der Waals surface area contributed by atoms with Crippen LogP contribution in [0.25, 0.3) is 5.65 Å². The summed E-state index contributed by atoms with van der Waals surface area (Å²) >= 11 is 0. The SMILES string of the molecule is Nc1cc(=O)[nH]c2c(C(=O)O)cnn12. The van der Waals surface area contributed by atoms with Crippen LogP contribution in [0.4, 0.5) is 5.82 Å². The lowest BCUT2D eigenvalue weighted by Gasteiger charge is -1.97. The van der Waals surface area contributed by atoms with Crippen LogP contribution in [0.2, 0.25) is 0 Å². The van der Waals surface area contributed by atoms with Crippen molar-refractivity contribution < 1.29 is 9.90 Å². The summed E-state index contributed by atoms with van der Waals surface area (Å²) in [5.74, 6) is -1.07. The molecule has 0 saturated carbocycles. The fraction of sp³-hybridized carbons (Fsp3) is 0. The summed E-state index contributed by atoms with van der Waals surface area (Å²) in [6.45, 7) is 0. The van der Waals surface area contributed by atoms with Gasteiger partial charge >= 0.3 is 5.97 Å². The molecular formula is C7H6N4O3. The van der Waals surface area contributed by atoms with E-state index < -0.39 is 11.5 Å². The smallest absolute Gasteiger partial charge is 0.341 e. The van der Waals surface area contributed by atoms with Crippen LogP contribution in [0.1, 0.15) is 10.4 Å². The van der Waals surface area contributed by atoms with E-state index in [4.69, 9.17) is 10.8 Å². The normalized spacial score (nSPS) is 10.6. The van der Waals surface area contributed by atoms with Crippen LogP contribution in [-0.2, 0) is 0 Å². The summed E-state index contributed by atoms with van der Waals surface area (Å²) < 4.78 is 1.16. The molecule has 0 atom stereocenters. The molecule has 0 aliphatic heterocycles. The van der Waals surface area contributed by atoms with Gasteiger partial charge in [-0.3, -0.25) is 4.79 Å². The minimum absolute atomic E-state index is 0.0856. The molecule has 0 radical (unpaired) electrons. The number of anilines is 1. The second-order valence-electron chi connectivity index (χ2n) is 2.68. The molecule has 0 aromatic carbocycles. The molecule has 0 aliphatic rings. The molecule has 2 aromatic rings. The number of aromatic amines is 1. The summed E-state index contributed by atoms with van der Waals surface area (Å²) in [4.78, 5) is 24.0. The molecule has 14 heavy (non-hydrogen) atoms. The van der Waals surface area contributed by atoms with Gasteiger partial charge in [0.15, 0.2) is 5.65 Å². The van der Waals surface area contributed by atoms with E-state index in [-0.39, 0.29) is 17.0 Å². The Morgan fingerprint density at radius 3 is 3.00 bits per heavy atom. The lowest BCUT2D eigenvalue weighted by atomic mass is 10.3. The number of hydrogen-bond donors (Lipinski definition) is 3. The highest BCUT2D eigenvalue weighted by Crippen LogP contribution is 2.08. The van der Waals surface area contributed by atoms with Crippen molar-refractivity contribution in [1.82, 2.24) is 14.6 Å². The van der Waals surface area contributed by atoms with E-state index in [1.165, 1.54) is 0 Å². The number of nitrogens with two attached hydrogens (primary N) is 1. The first kappa shape index (κ1) is 8.30. The molecule has 0 fully saturated rings. The van der Waals surface area contributed by atoms with Crippen LogP contribution < -0.4 is 11.3 Å². The van der Waals surface area contributed by atoms with Gasteiger partial charge in [0, 0.05) is 6.07 Å². The summed E-state index contributed by atoms with van der Waals surface area (Å²) in [5, 5.41) is 12.5. The topological polar surface area (TPSA) is 113 Å². The third-order valence-corrected chi connectivity index (χ3v) is 1.76. The number of nitrogen functional groups attached to an aromatic ring is 1. The van der Waals surface area contributed by atoms with E-state index >= 15 is 0 Å². The average Bonchev–Trinajstić information content (AvgIpc) is 2.47. The summed E-state index contributed by atoms with van der Waals surface area (Å²) in [5.41, 5.74) is 4.99. The molecule has 0 saturated heterocycles. The Labute approximate surface area is 76.8 Å². The Balaban J connectivity index is 2.92. The number of aromatic carboxylic acids is 1. The highest BCUT2D eigenvalue weighted by atomic mass is 16.4. The van der Waals surface area contributed by atoms with Crippen molar-refractivity contribution in [2.24, 2.45) is 0 Å². The maximum atomic E-state index is 11.0. The van der Waals surface area contributed by atoms with Gasteiger partial charge in [-0.25, -0.2) is 9.31 Å². The van der Waals surface area contributed by atoms with Crippen LogP contribution in [0, 0.1) is 0 Å². The maximum Gasteiger partial charge on any atom is 0.341 e. The van der Waals surface area contributed by atoms with Crippen LogP contribution in [0.15, 0.2) is 17.1 Å². The number of fused-ring (bicyclic) bond motifs is 1. The van der Waals surface area contributed by atoms with Gasteiger partial charge in [-0.1, -0.05) is 0 Å². The molecule has 4 N–H and O–H groups in total. The Kier molecular flexibility index (Phi) is 1.53. The van der Waals surface area contributed by atoms with Gasteiger partial charge in [-0.15, -0.1) is 0 Å². The average molecular weight is 194 g/mol. The number of aromatic nitrogens is 3. The second kappa shape index (κ2) is 2.59. The first-order chi connectivity index (χ1) is 6.59. The zero-order chi connectivity index (χ0) is 10.3. The zero-order valence-corrected chi connectivity index (χ0v) is 6.89. The Hall–Kier alpha value is -2.31. The number of rotatable bonds is 1. The minimum Gasteiger partial charge on any atom is -0.477 e. The lowest BCUT2D eigenvalue weighted by Crippen LogP contribution is -2.12. The van der Waals surface area contributed by atoms with Crippen molar-refractivity contribution in [3.8, 4) is 0 Å². The van der Waals surface area contributed by atoms with Gasteiger partial charge in [0.05, 0.1) is 6.20 Å². The minimum atomic E-state index is -1.17. The quantitative estimate of drug-likeness (QED) is 0.555. The van der Waals surface area contributed by atoms with Gasteiger partial charge < -0.3 is 15.8 Å². The van der Waals surface area contributed by atoms with Gasteiger partial charge in [0.1, 0.15) is 11.4 Å². The maximum absolute atomic E-state index is 11.0.